The summed E-state index contributed by atoms with van der Waals surface area (Å²) >= 11 is 0. The zero-order valence-corrected chi connectivity index (χ0v) is 15.9. The number of nitrogens with two attached hydrogens (primary N) is 2. The molecule has 27 heavy (non-hydrogen) atoms. The number of primary amides is 1. The molecule has 2 atom stereocenters. The molecule has 148 valence electrons. The third-order valence-corrected chi connectivity index (χ3v) is 3.58. The first kappa shape index (κ1) is 22.3. The SMILES string of the molecule is NCC(=O)NC(CCCNC(N)=O)C(=O)Nc1ccc(COC(=O)P)cc1. The van der Waals surface area contributed by atoms with E-state index < -0.39 is 29.6 Å². The second kappa shape index (κ2) is 11.8. The molecule has 7 N–H and O–H groups in total. The lowest BCUT2D eigenvalue weighted by atomic mass is 10.1. The number of hydrogen-bond acceptors (Lipinski definition) is 6. The molecule has 0 aliphatic heterocycles. The summed E-state index contributed by atoms with van der Waals surface area (Å²) in [4.78, 5) is 45.4. The van der Waals surface area contributed by atoms with Crippen LogP contribution in [0.3, 0.4) is 0 Å². The van der Waals surface area contributed by atoms with Crippen molar-refractivity contribution in [3.63, 3.8) is 0 Å². The average molecular weight is 397 g/mol. The van der Waals surface area contributed by atoms with Gasteiger partial charge in [0, 0.05) is 12.2 Å². The van der Waals surface area contributed by atoms with Crippen LogP contribution in [0.5, 0.6) is 0 Å². The largest absolute Gasteiger partial charge is 0.458 e. The van der Waals surface area contributed by atoms with Crippen molar-refractivity contribution in [1.82, 2.24) is 10.6 Å². The molecule has 0 aliphatic rings. The Morgan fingerprint density at radius 2 is 1.81 bits per heavy atom. The average Bonchev–Trinajstić information content (AvgIpc) is 2.63. The molecule has 0 aromatic heterocycles. The van der Waals surface area contributed by atoms with E-state index in [1.165, 1.54) is 0 Å². The number of carbonyl (C=O) groups excluding carboxylic acids is 4. The van der Waals surface area contributed by atoms with Crippen LogP contribution in [0, 0.1) is 0 Å². The summed E-state index contributed by atoms with van der Waals surface area (Å²) in [5.74, 6) is -0.882. The van der Waals surface area contributed by atoms with Gasteiger partial charge in [-0.05, 0) is 39.8 Å². The number of ether oxygens (including phenoxy) is 1. The summed E-state index contributed by atoms with van der Waals surface area (Å²) in [6, 6.07) is 5.24. The maximum atomic E-state index is 12.4. The van der Waals surface area contributed by atoms with Gasteiger partial charge in [0.1, 0.15) is 12.6 Å². The summed E-state index contributed by atoms with van der Waals surface area (Å²) in [6.07, 6.45) is 0.727. The first-order valence-corrected chi connectivity index (χ1v) is 8.74. The highest BCUT2D eigenvalue weighted by atomic mass is 31.0. The lowest BCUT2D eigenvalue weighted by Gasteiger charge is -2.18. The van der Waals surface area contributed by atoms with Crippen molar-refractivity contribution in [2.24, 2.45) is 11.5 Å². The van der Waals surface area contributed by atoms with Gasteiger partial charge in [-0.2, -0.15) is 0 Å². The van der Waals surface area contributed by atoms with Crippen LogP contribution in [0.1, 0.15) is 18.4 Å². The lowest BCUT2D eigenvalue weighted by Crippen LogP contribution is -2.46. The molecule has 1 aromatic carbocycles. The van der Waals surface area contributed by atoms with Crippen molar-refractivity contribution in [3.05, 3.63) is 29.8 Å². The van der Waals surface area contributed by atoms with Crippen LogP contribution in [0.4, 0.5) is 15.3 Å². The highest BCUT2D eigenvalue weighted by molar-refractivity contribution is 7.39. The summed E-state index contributed by atoms with van der Waals surface area (Å²) in [5.41, 5.74) is 11.1. The van der Waals surface area contributed by atoms with Gasteiger partial charge in [-0.1, -0.05) is 12.1 Å². The van der Waals surface area contributed by atoms with Gasteiger partial charge in [0.05, 0.1) is 6.54 Å². The number of anilines is 1. The lowest BCUT2D eigenvalue weighted by molar-refractivity contribution is -0.125. The quantitative estimate of drug-likeness (QED) is 0.276. The monoisotopic (exact) mass is 397 g/mol. The zero-order chi connectivity index (χ0) is 20.2. The summed E-state index contributed by atoms with van der Waals surface area (Å²) < 4.78 is 4.85. The Morgan fingerprint density at radius 1 is 1.15 bits per heavy atom. The van der Waals surface area contributed by atoms with Crippen LogP contribution in [0.15, 0.2) is 24.3 Å². The molecule has 2 unspecified atom stereocenters. The highest BCUT2D eigenvalue weighted by Crippen LogP contribution is 2.12. The van der Waals surface area contributed by atoms with Crippen molar-refractivity contribution < 1.29 is 23.9 Å². The number of benzene rings is 1. The smallest absolute Gasteiger partial charge is 0.320 e. The fourth-order valence-electron chi connectivity index (χ4n) is 2.11. The van der Waals surface area contributed by atoms with Crippen molar-refractivity contribution in [1.29, 1.82) is 0 Å². The molecule has 0 fully saturated rings. The molecule has 10 nitrogen and oxygen atoms in total. The van der Waals surface area contributed by atoms with Crippen molar-refractivity contribution in [3.8, 4) is 0 Å². The van der Waals surface area contributed by atoms with Crippen molar-refractivity contribution in [2.45, 2.75) is 25.5 Å². The number of hydrogen-bond donors (Lipinski definition) is 5. The van der Waals surface area contributed by atoms with Crippen LogP contribution in [0.2, 0.25) is 0 Å². The van der Waals surface area contributed by atoms with E-state index in [0.29, 0.717) is 18.5 Å². The second-order valence-electron chi connectivity index (χ2n) is 5.55. The van der Waals surface area contributed by atoms with E-state index in [-0.39, 0.29) is 19.7 Å². The predicted molar refractivity (Wildman–Crippen MR) is 103 cm³/mol. The molecule has 0 bridgehead atoms. The van der Waals surface area contributed by atoms with Crippen LogP contribution in [0.25, 0.3) is 0 Å². The first-order valence-electron chi connectivity index (χ1n) is 8.16. The molecule has 0 spiro atoms. The van der Waals surface area contributed by atoms with Gasteiger partial charge in [-0.15, -0.1) is 0 Å². The number of nitrogens with one attached hydrogen (secondary N) is 3. The number of urea groups is 1. The minimum atomic E-state index is -0.812. The van der Waals surface area contributed by atoms with E-state index in [9.17, 15) is 19.2 Å². The summed E-state index contributed by atoms with van der Waals surface area (Å²) in [6.45, 7) is 0.159. The number of amides is 4. The van der Waals surface area contributed by atoms with Gasteiger partial charge in [0.25, 0.3) is 0 Å². The topological polar surface area (TPSA) is 166 Å². The third kappa shape index (κ3) is 9.53. The van der Waals surface area contributed by atoms with Gasteiger partial charge in [-0.25, -0.2) is 9.59 Å². The van der Waals surface area contributed by atoms with Gasteiger partial charge in [-0.3, -0.25) is 9.59 Å². The van der Waals surface area contributed by atoms with Gasteiger partial charge >= 0.3 is 11.7 Å². The minimum Gasteiger partial charge on any atom is -0.458 e. The number of carbonyl (C=O) groups is 4. The van der Waals surface area contributed by atoms with Gasteiger partial charge in [0.2, 0.25) is 11.8 Å². The third-order valence-electron chi connectivity index (χ3n) is 3.41. The van der Waals surface area contributed by atoms with Crippen molar-refractivity contribution >= 4 is 38.5 Å². The molecule has 4 amide bonds. The summed E-state index contributed by atoms with van der Waals surface area (Å²) in [5, 5.41) is 7.65. The predicted octanol–water partition coefficient (Wildman–Crippen LogP) is 0.0288. The highest BCUT2D eigenvalue weighted by Gasteiger charge is 2.20. The van der Waals surface area contributed by atoms with E-state index >= 15 is 0 Å². The fraction of sp³-hybridized carbons (Fsp3) is 0.375. The van der Waals surface area contributed by atoms with Crippen LogP contribution >= 0.6 is 9.24 Å². The number of rotatable bonds is 10. The molecule has 11 heteroatoms. The molecular weight excluding hydrogens is 373 g/mol. The first-order chi connectivity index (χ1) is 12.8. The Hall–Kier alpha value is -2.71. The molecular formula is C16H24N5O5P. The molecule has 1 rings (SSSR count). The zero-order valence-electron chi connectivity index (χ0n) is 14.7. The normalized spacial score (nSPS) is 11.2. The Morgan fingerprint density at radius 3 is 2.37 bits per heavy atom. The van der Waals surface area contributed by atoms with Crippen LogP contribution in [-0.2, 0) is 20.9 Å². The van der Waals surface area contributed by atoms with E-state index in [4.69, 9.17) is 16.2 Å². The van der Waals surface area contributed by atoms with E-state index in [1.54, 1.807) is 24.3 Å². The Balaban J connectivity index is 2.63. The van der Waals surface area contributed by atoms with Crippen LogP contribution < -0.4 is 27.4 Å². The molecule has 1 aromatic rings. The fourth-order valence-corrected chi connectivity index (χ4v) is 2.19. The van der Waals surface area contributed by atoms with E-state index in [2.05, 4.69) is 16.0 Å². The molecule has 0 aliphatic carbocycles. The van der Waals surface area contributed by atoms with Gasteiger partial charge < -0.3 is 32.2 Å². The van der Waals surface area contributed by atoms with Crippen molar-refractivity contribution in [2.75, 3.05) is 18.4 Å². The standard InChI is InChI=1S/C16H24N5O5P/c17-8-13(22)21-12(2-1-7-19-15(18)24)14(23)20-11-5-3-10(4-6-11)9-26-16(25)27/h3-6,12H,1-2,7-9,17,27H2,(H,20,23)(H,21,22)(H3,18,19,24). The maximum absolute atomic E-state index is 12.4. The maximum Gasteiger partial charge on any atom is 0.320 e. The molecule has 0 saturated carbocycles. The van der Waals surface area contributed by atoms with E-state index in [0.717, 1.165) is 5.56 Å². The van der Waals surface area contributed by atoms with E-state index in [1.807, 2.05) is 9.24 Å². The molecule has 0 heterocycles. The Bertz CT molecular complexity index is 668. The van der Waals surface area contributed by atoms with Gasteiger partial charge in [0.15, 0.2) is 0 Å². The second-order valence-corrected chi connectivity index (χ2v) is 6.02. The minimum absolute atomic E-state index is 0.124. The van der Waals surface area contributed by atoms with Crippen LogP contribution in [-0.4, -0.2) is 42.7 Å². The summed E-state index contributed by atoms with van der Waals surface area (Å²) in [7, 11) is 1.92. The molecule has 0 radical (unpaired) electrons. The Kier molecular flexibility index (Phi) is 9.78. The molecule has 0 saturated heterocycles. The Labute approximate surface area is 158 Å².